The van der Waals surface area contributed by atoms with E-state index < -0.39 is 46.1 Å². The van der Waals surface area contributed by atoms with Crippen molar-refractivity contribution < 1.29 is 24.9 Å². The fraction of sp³-hybridized carbons (Fsp3) is 0.231. The van der Waals surface area contributed by atoms with Crippen LogP contribution < -0.4 is 27.8 Å². The van der Waals surface area contributed by atoms with E-state index in [1.54, 1.807) is 4.98 Å². The van der Waals surface area contributed by atoms with Gasteiger partial charge >= 0.3 is 23.3 Å². The van der Waals surface area contributed by atoms with Crippen molar-refractivity contribution in [2.24, 2.45) is 0 Å². The molecule has 27 heavy (non-hydrogen) atoms. The predicted molar refractivity (Wildman–Crippen MR) is 87.3 cm³/mol. The monoisotopic (exact) mass is 385 g/mol. The van der Waals surface area contributed by atoms with E-state index in [0.29, 0.717) is 0 Å². The number of H-pyrrole nitrogens is 4. The van der Waals surface area contributed by atoms with Crippen molar-refractivity contribution in [3.63, 3.8) is 0 Å². The van der Waals surface area contributed by atoms with Gasteiger partial charge in [-0.1, -0.05) is 0 Å². The van der Waals surface area contributed by atoms with Gasteiger partial charge in [0.2, 0.25) is 0 Å². The zero-order valence-electron chi connectivity index (χ0n) is 13.4. The number of aliphatic hydroxyl groups excluding tert-OH is 1. The van der Waals surface area contributed by atoms with Crippen molar-refractivity contribution in [2.45, 2.75) is 12.6 Å². The van der Waals surface area contributed by atoms with Crippen LogP contribution in [0.15, 0.2) is 31.6 Å². The Kier molecular flexibility index (Phi) is 7.59. The summed E-state index contributed by atoms with van der Waals surface area (Å²) in [7, 11) is 0. The van der Waals surface area contributed by atoms with Gasteiger partial charge in [0.25, 0.3) is 11.1 Å². The first-order valence-electron chi connectivity index (χ1n) is 7.08. The van der Waals surface area contributed by atoms with Crippen molar-refractivity contribution in [1.82, 2.24) is 25.3 Å². The Labute approximate surface area is 147 Å². The minimum absolute atomic E-state index is 0.0956. The Morgan fingerprint density at radius 3 is 2.00 bits per heavy atom. The van der Waals surface area contributed by atoms with E-state index >= 15 is 0 Å². The number of rotatable bonds is 6. The lowest BCUT2D eigenvalue weighted by Gasteiger charge is -2.01. The van der Waals surface area contributed by atoms with E-state index in [-0.39, 0.29) is 18.7 Å². The molecule has 0 bridgehead atoms. The Bertz CT molecular complexity index is 1030. The fourth-order valence-electron chi connectivity index (χ4n) is 1.63. The van der Waals surface area contributed by atoms with Crippen molar-refractivity contribution in [1.29, 1.82) is 0 Å². The number of nitrogens with one attached hydrogen (secondary N) is 5. The van der Waals surface area contributed by atoms with E-state index in [2.05, 4.69) is 10.3 Å². The van der Waals surface area contributed by atoms with Crippen LogP contribution in [0.1, 0.15) is 17.2 Å². The number of aromatic nitrogens is 4. The average molecular weight is 385 g/mol. The van der Waals surface area contributed by atoms with Crippen molar-refractivity contribution in [2.75, 3.05) is 6.54 Å². The smallest absolute Gasteiger partial charge is 0.337 e. The summed E-state index contributed by atoms with van der Waals surface area (Å²) < 4.78 is 0. The highest BCUT2D eigenvalue weighted by atomic mass is 16.4. The number of hydrogen-bond donors (Lipinski definition) is 8. The largest absolute Gasteiger partial charge is 0.480 e. The third-order valence-electron chi connectivity index (χ3n) is 2.86. The molecule has 0 spiro atoms. The van der Waals surface area contributed by atoms with Crippen LogP contribution in [0.3, 0.4) is 0 Å². The van der Waals surface area contributed by atoms with Gasteiger partial charge in [0, 0.05) is 24.5 Å². The molecular weight excluding hydrogens is 370 g/mol. The molecule has 1 atom stereocenters. The third kappa shape index (κ3) is 6.92. The van der Waals surface area contributed by atoms with E-state index in [0.717, 1.165) is 6.20 Å². The number of hydrogen-bond acceptors (Lipinski definition) is 8. The average Bonchev–Trinajstić information content (AvgIpc) is 2.56. The van der Waals surface area contributed by atoms with Crippen molar-refractivity contribution in [3.05, 3.63) is 65.2 Å². The van der Waals surface area contributed by atoms with Crippen LogP contribution in [0.2, 0.25) is 0 Å². The summed E-state index contributed by atoms with van der Waals surface area (Å²) in [5, 5.41) is 28.1. The van der Waals surface area contributed by atoms with Gasteiger partial charge in [-0.3, -0.25) is 24.4 Å². The zero-order chi connectivity index (χ0) is 20.6. The maximum Gasteiger partial charge on any atom is 0.337 e. The normalized spacial score (nSPS) is 11.1. The Balaban J connectivity index is 0.000000271. The van der Waals surface area contributed by atoms with Crippen LogP contribution in [-0.2, 0) is 16.1 Å². The summed E-state index contributed by atoms with van der Waals surface area (Å²) in [5.41, 5.74) is -2.91. The first kappa shape index (κ1) is 21.3. The zero-order valence-corrected chi connectivity index (χ0v) is 13.4. The molecule has 0 fully saturated rings. The summed E-state index contributed by atoms with van der Waals surface area (Å²) in [6.07, 6.45) is 0.177. The molecular formula is C13H15N5O9. The van der Waals surface area contributed by atoms with Crippen LogP contribution in [0.5, 0.6) is 0 Å². The number of aliphatic carboxylic acids is 2. The van der Waals surface area contributed by atoms with E-state index in [1.807, 2.05) is 9.97 Å². The van der Waals surface area contributed by atoms with Gasteiger partial charge in [-0.25, -0.2) is 14.4 Å². The maximum atomic E-state index is 11.1. The molecule has 0 aliphatic rings. The number of aliphatic hydroxyl groups is 1. The van der Waals surface area contributed by atoms with Gasteiger partial charge in [-0.05, 0) is 0 Å². The molecule has 1 unspecified atom stereocenters. The molecule has 146 valence electrons. The third-order valence-corrected chi connectivity index (χ3v) is 2.86. The molecule has 0 aliphatic carbocycles. The van der Waals surface area contributed by atoms with Crippen molar-refractivity contribution >= 4 is 11.9 Å². The van der Waals surface area contributed by atoms with Crippen LogP contribution >= 0.6 is 0 Å². The Hall–Kier alpha value is -3.78. The molecule has 2 heterocycles. The highest BCUT2D eigenvalue weighted by Crippen LogP contribution is 2.03. The quantitative estimate of drug-likeness (QED) is 0.243. The van der Waals surface area contributed by atoms with Gasteiger partial charge in [0.1, 0.15) is 0 Å². The van der Waals surface area contributed by atoms with Gasteiger partial charge in [-0.2, -0.15) is 0 Å². The Morgan fingerprint density at radius 1 is 0.963 bits per heavy atom. The second kappa shape index (κ2) is 9.64. The molecule has 0 radical (unpaired) electrons. The van der Waals surface area contributed by atoms with Gasteiger partial charge in [0.15, 0.2) is 6.10 Å². The summed E-state index contributed by atoms with van der Waals surface area (Å²) in [6, 6.07) is 0. The van der Waals surface area contributed by atoms with Crippen LogP contribution in [0, 0.1) is 0 Å². The molecule has 14 heteroatoms. The first-order valence-corrected chi connectivity index (χ1v) is 7.08. The van der Waals surface area contributed by atoms with Gasteiger partial charge in [-0.15, -0.1) is 0 Å². The SMILES string of the molecule is O=C(O)C(O)c1c[nH]c(=O)[nH]c1=O.O=C(O)CNCc1c[nH]c(=O)[nH]c1=O. The molecule has 2 aromatic heterocycles. The van der Waals surface area contributed by atoms with Gasteiger partial charge in [0.05, 0.1) is 12.1 Å². The lowest BCUT2D eigenvalue weighted by atomic mass is 10.2. The minimum atomic E-state index is -1.93. The lowest BCUT2D eigenvalue weighted by molar-refractivity contribution is -0.147. The standard InChI is InChI=1S/C7H9N3O4.C6H6N2O5/c11-5(12)3-8-1-4-2-9-7(14)10-6(4)13;9-3(5(11)12)2-1-7-6(13)8-4(2)10/h2,8H,1,3H2,(H,11,12)(H2,9,10,13,14);1,3,9H,(H,11,12)(H2,7,8,10,13). The van der Waals surface area contributed by atoms with E-state index in [4.69, 9.17) is 15.3 Å². The summed E-state index contributed by atoms with van der Waals surface area (Å²) >= 11 is 0. The molecule has 0 aliphatic heterocycles. The van der Waals surface area contributed by atoms with E-state index in [1.165, 1.54) is 6.20 Å². The highest BCUT2D eigenvalue weighted by molar-refractivity contribution is 5.73. The number of carboxylic acid groups (broad SMARTS) is 2. The van der Waals surface area contributed by atoms with Crippen LogP contribution in [0.25, 0.3) is 0 Å². The van der Waals surface area contributed by atoms with Crippen LogP contribution in [-0.4, -0.2) is 53.7 Å². The number of carbonyl (C=O) groups is 2. The minimum Gasteiger partial charge on any atom is -0.480 e. The molecule has 0 saturated heterocycles. The van der Waals surface area contributed by atoms with Crippen LogP contribution in [0.4, 0.5) is 0 Å². The van der Waals surface area contributed by atoms with Crippen molar-refractivity contribution in [3.8, 4) is 0 Å². The fourth-order valence-corrected chi connectivity index (χ4v) is 1.63. The summed E-state index contributed by atoms with van der Waals surface area (Å²) in [6.45, 7) is -0.142. The summed E-state index contributed by atoms with van der Waals surface area (Å²) in [4.78, 5) is 71.5. The Morgan fingerprint density at radius 2 is 1.52 bits per heavy atom. The molecule has 0 saturated carbocycles. The first-order chi connectivity index (χ1) is 12.6. The molecule has 0 aromatic carbocycles. The maximum absolute atomic E-state index is 11.1. The molecule has 0 amide bonds. The predicted octanol–water partition coefficient (Wildman–Crippen LogP) is -3.58. The molecule has 14 nitrogen and oxygen atoms in total. The van der Waals surface area contributed by atoms with E-state index in [9.17, 15) is 28.8 Å². The molecule has 2 aromatic rings. The topological polar surface area (TPSA) is 238 Å². The second-order valence-corrected chi connectivity index (χ2v) is 4.86. The lowest BCUT2D eigenvalue weighted by Crippen LogP contribution is -2.29. The molecule has 8 N–H and O–H groups in total. The molecule has 2 rings (SSSR count). The number of aromatic amines is 4. The number of carboxylic acids is 2. The highest BCUT2D eigenvalue weighted by Gasteiger charge is 2.19. The summed E-state index contributed by atoms with van der Waals surface area (Å²) in [5.74, 6) is -2.57. The second-order valence-electron chi connectivity index (χ2n) is 4.86. The van der Waals surface area contributed by atoms with Gasteiger partial charge < -0.3 is 30.6 Å².